The number of ether oxygens (including phenoxy) is 1. The van der Waals surface area contributed by atoms with Crippen LogP contribution in [0.4, 0.5) is 5.82 Å². The summed E-state index contributed by atoms with van der Waals surface area (Å²) in [6.45, 7) is 2.95. The van der Waals surface area contributed by atoms with Gasteiger partial charge in [0.25, 0.3) is 11.8 Å². The number of amides is 2. The number of para-hydroxylation sites is 1. The fourth-order valence-corrected chi connectivity index (χ4v) is 3.86. The van der Waals surface area contributed by atoms with Gasteiger partial charge in [0, 0.05) is 42.4 Å². The second kappa shape index (κ2) is 9.82. The Labute approximate surface area is 194 Å². The molecule has 4 rings (SSSR count). The maximum absolute atomic E-state index is 13.0. The predicted octanol–water partition coefficient (Wildman–Crippen LogP) is 3.48. The summed E-state index contributed by atoms with van der Waals surface area (Å²) in [4.78, 5) is 33.1. The molecule has 7 nitrogen and oxygen atoms in total. The van der Waals surface area contributed by atoms with Gasteiger partial charge in [0.05, 0.1) is 5.56 Å². The molecule has 1 saturated heterocycles. The first kappa shape index (κ1) is 21.8. The van der Waals surface area contributed by atoms with Crippen LogP contribution in [0.1, 0.15) is 26.3 Å². The average Bonchev–Trinajstić information content (AvgIpc) is 2.83. The van der Waals surface area contributed by atoms with Crippen LogP contribution in [0.3, 0.4) is 0 Å². The van der Waals surface area contributed by atoms with Gasteiger partial charge < -0.3 is 20.3 Å². The molecule has 0 radical (unpaired) electrons. The molecule has 1 aromatic heterocycles. The molecule has 8 heteroatoms. The topological polar surface area (TPSA) is 88.8 Å². The Morgan fingerprint density at radius 2 is 1.78 bits per heavy atom. The van der Waals surface area contributed by atoms with E-state index in [-0.39, 0.29) is 12.5 Å². The SMILES string of the molecule is NC(=O)c1ccccc1OCc1cccc(C(=O)N2CCN(c3ccc(Br)cn3)CC2)c1. The molecule has 2 amide bonds. The van der Waals surface area contributed by atoms with Crippen LogP contribution >= 0.6 is 15.9 Å². The molecule has 32 heavy (non-hydrogen) atoms. The monoisotopic (exact) mass is 494 g/mol. The third-order valence-electron chi connectivity index (χ3n) is 5.32. The number of hydrogen-bond donors (Lipinski definition) is 1. The van der Waals surface area contributed by atoms with Crippen LogP contribution in [0.25, 0.3) is 0 Å². The van der Waals surface area contributed by atoms with Gasteiger partial charge in [0.15, 0.2) is 0 Å². The second-order valence-corrected chi connectivity index (χ2v) is 8.38. The number of aromatic nitrogens is 1. The minimum atomic E-state index is -0.540. The fraction of sp³-hybridized carbons (Fsp3) is 0.208. The zero-order chi connectivity index (χ0) is 22.5. The summed E-state index contributed by atoms with van der Waals surface area (Å²) in [5.41, 5.74) is 7.19. The van der Waals surface area contributed by atoms with Crippen molar-refractivity contribution in [2.45, 2.75) is 6.61 Å². The Kier molecular flexibility index (Phi) is 6.70. The van der Waals surface area contributed by atoms with Crippen LogP contribution < -0.4 is 15.4 Å². The molecular weight excluding hydrogens is 472 g/mol. The molecule has 2 N–H and O–H groups in total. The highest BCUT2D eigenvalue weighted by Gasteiger charge is 2.23. The summed E-state index contributed by atoms with van der Waals surface area (Å²) in [6, 6.07) is 18.2. The van der Waals surface area contributed by atoms with Crippen molar-refractivity contribution in [2.24, 2.45) is 5.73 Å². The van der Waals surface area contributed by atoms with E-state index in [0.29, 0.717) is 30.0 Å². The fourth-order valence-electron chi connectivity index (χ4n) is 3.63. The van der Waals surface area contributed by atoms with E-state index < -0.39 is 5.91 Å². The number of rotatable bonds is 6. The minimum absolute atomic E-state index is 0.00667. The summed E-state index contributed by atoms with van der Waals surface area (Å²) in [6.07, 6.45) is 1.78. The first-order valence-corrected chi connectivity index (χ1v) is 11.1. The lowest BCUT2D eigenvalue weighted by Crippen LogP contribution is -2.49. The Bertz CT molecular complexity index is 1110. The smallest absolute Gasteiger partial charge is 0.253 e. The number of halogens is 1. The summed E-state index contributed by atoms with van der Waals surface area (Å²) in [5, 5.41) is 0. The highest BCUT2D eigenvalue weighted by Crippen LogP contribution is 2.20. The molecule has 2 aromatic carbocycles. The van der Waals surface area contributed by atoms with E-state index in [9.17, 15) is 9.59 Å². The van der Waals surface area contributed by atoms with E-state index in [1.807, 2.05) is 41.3 Å². The van der Waals surface area contributed by atoms with Crippen LogP contribution in [0, 0.1) is 0 Å². The van der Waals surface area contributed by atoms with Crippen molar-refractivity contribution in [3.05, 3.63) is 88.0 Å². The molecular formula is C24H23BrN4O3. The van der Waals surface area contributed by atoms with Gasteiger partial charge in [0.1, 0.15) is 18.2 Å². The number of carbonyl (C=O) groups excluding carboxylic acids is 2. The van der Waals surface area contributed by atoms with Gasteiger partial charge in [-0.15, -0.1) is 0 Å². The molecule has 0 spiro atoms. The summed E-state index contributed by atoms with van der Waals surface area (Å²) < 4.78 is 6.74. The maximum Gasteiger partial charge on any atom is 0.253 e. The number of carbonyl (C=O) groups is 2. The summed E-state index contributed by atoms with van der Waals surface area (Å²) in [7, 11) is 0. The van der Waals surface area contributed by atoms with Crippen LogP contribution in [0.2, 0.25) is 0 Å². The van der Waals surface area contributed by atoms with Gasteiger partial charge in [0.2, 0.25) is 0 Å². The number of nitrogens with two attached hydrogens (primary N) is 1. The van der Waals surface area contributed by atoms with Crippen LogP contribution in [0.15, 0.2) is 71.3 Å². The number of primary amides is 1. The van der Waals surface area contributed by atoms with Crippen molar-refractivity contribution >= 4 is 33.6 Å². The van der Waals surface area contributed by atoms with Gasteiger partial charge in [-0.3, -0.25) is 9.59 Å². The third kappa shape index (κ3) is 5.08. The first-order chi connectivity index (χ1) is 15.5. The zero-order valence-electron chi connectivity index (χ0n) is 17.4. The predicted molar refractivity (Wildman–Crippen MR) is 126 cm³/mol. The van der Waals surface area contributed by atoms with Gasteiger partial charge in [-0.2, -0.15) is 0 Å². The molecule has 0 aliphatic carbocycles. The minimum Gasteiger partial charge on any atom is -0.488 e. The van der Waals surface area contributed by atoms with E-state index in [4.69, 9.17) is 10.5 Å². The lowest BCUT2D eigenvalue weighted by molar-refractivity contribution is 0.0746. The Morgan fingerprint density at radius 3 is 2.50 bits per heavy atom. The van der Waals surface area contributed by atoms with Crippen molar-refractivity contribution in [3.8, 4) is 5.75 Å². The number of anilines is 1. The van der Waals surface area contributed by atoms with Crippen LogP contribution in [0.5, 0.6) is 5.75 Å². The molecule has 0 unspecified atom stereocenters. The Morgan fingerprint density at radius 1 is 1.00 bits per heavy atom. The molecule has 0 atom stereocenters. The van der Waals surface area contributed by atoms with Gasteiger partial charge >= 0.3 is 0 Å². The third-order valence-corrected chi connectivity index (χ3v) is 5.79. The molecule has 1 aliphatic heterocycles. The number of nitrogens with zero attached hydrogens (tertiary/aromatic N) is 3. The van der Waals surface area contributed by atoms with E-state index in [2.05, 4.69) is 25.8 Å². The molecule has 1 fully saturated rings. The summed E-state index contributed by atoms with van der Waals surface area (Å²) >= 11 is 3.40. The lowest BCUT2D eigenvalue weighted by Gasteiger charge is -2.35. The average molecular weight is 495 g/mol. The van der Waals surface area contributed by atoms with Crippen molar-refractivity contribution in [1.82, 2.24) is 9.88 Å². The molecule has 164 valence electrons. The summed E-state index contributed by atoms with van der Waals surface area (Å²) in [5.74, 6) is 0.792. The standard InChI is InChI=1S/C24H23BrN4O3/c25-19-8-9-22(27-15-19)28-10-12-29(13-11-28)24(31)18-5-3-4-17(14-18)16-32-21-7-2-1-6-20(21)23(26)30/h1-9,14-15H,10-13,16H2,(H2,26,30). The molecule has 3 aromatic rings. The normalized spacial score (nSPS) is 13.7. The first-order valence-electron chi connectivity index (χ1n) is 10.3. The van der Waals surface area contributed by atoms with E-state index in [1.165, 1.54) is 0 Å². The van der Waals surface area contributed by atoms with Gasteiger partial charge in [-0.05, 0) is 57.9 Å². The van der Waals surface area contributed by atoms with Crippen molar-refractivity contribution in [1.29, 1.82) is 0 Å². The van der Waals surface area contributed by atoms with Crippen molar-refractivity contribution < 1.29 is 14.3 Å². The number of hydrogen-bond acceptors (Lipinski definition) is 5. The van der Waals surface area contributed by atoms with Crippen LogP contribution in [-0.4, -0.2) is 47.9 Å². The van der Waals surface area contributed by atoms with Gasteiger partial charge in [-0.1, -0.05) is 24.3 Å². The highest BCUT2D eigenvalue weighted by atomic mass is 79.9. The highest BCUT2D eigenvalue weighted by molar-refractivity contribution is 9.10. The van der Waals surface area contributed by atoms with Crippen molar-refractivity contribution in [2.75, 3.05) is 31.1 Å². The Hall–Kier alpha value is -3.39. The Balaban J connectivity index is 1.37. The zero-order valence-corrected chi connectivity index (χ0v) is 19.0. The van der Waals surface area contributed by atoms with E-state index in [1.54, 1.807) is 30.5 Å². The number of benzene rings is 2. The van der Waals surface area contributed by atoms with E-state index in [0.717, 1.165) is 28.9 Å². The number of pyridine rings is 1. The second-order valence-electron chi connectivity index (χ2n) is 7.46. The van der Waals surface area contributed by atoms with Gasteiger partial charge in [-0.25, -0.2) is 4.98 Å². The molecule has 0 bridgehead atoms. The van der Waals surface area contributed by atoms with E-state index >= 15 is 0 Å². The largest absolute Gasteiger partial charge is 0.488 e. The quantitative estimate of drug-likeness (QED) is 0.566. The molecule has 1 aliphatic rings. The molecule has 2 heterocycles. The maximum atomic E-state index is 13.0. The van der Waals surface area contributed by atoms with Crippen LogP contribution in [-0.2, 0) is 6.61 Å². The lowest BCUT2D eigenvalue weighted by atomic mass is 10.1. The molecule has 0 saturated carbocycles. The number of piperazine rings is 1. The van der Waals surface area contributed by atoms with Crippen molar-refractivity contribution in [3.63, 3.8) is 0 Å².